The zero-order valence-electron chi connectivity index (χ0n) is 14.9. The summed E-state index contributed by atoms with van der Waals surface area (Å²) in [5.74, 6) is 0.327. The minimum absolute atomic E-state index is 0.0152. The van der Waals surface area contributed by atoms with Gasteiger partial charge >= 0.3 is 0 Å². The molecule has 0 bridgehead atoms. The Hall–Kier alpha value is -2.63. The molecule has 1 fully saturated rings. The number of ether oxygens (including phenoxy) is 2. The summed E-state index contributed by atoms with van der Waals surface area (Å²) in [6, 6.07) is 12.9. The largest absolute Gasteiger partial charge is 0.507 e. The molecule has 0 aliphatic carbocycles. The Morgan fingerprint density at radius 2 is 1.92 bits per heavy atom. The third kappa shape index (κ3) is 4.31. The van der Waals surface area contributed by atoms with E-state index in [0.717, 1.165) is 18.7 Å². The molecule has 136 valence electrons. The van der Waals surface area contributed by atoms with E-state index in [1.165, 1.54) is 6.08 Å². The van der Waals surface area contributed by atoms with Crippen LogP contribution in [0.15, 0.2) is 48.5 Å². The maximum atomic E-state index is 12.6. The first-order chi connectivity index (χ1) is 12.7. The maximum Gasteiger partial charge on any atom is 0.189 e. The van der Waals surface area contributed by atoms with Crippen molar-refractivity contribution >= 4 is 11.9 Å². The van der Waals surface area contributed by atoms with Gasteiger partial charge in [0.25, 0.3) is 0 Å². The second-order valence-corrected chi connectivity index (χ2v) is 6.14. The highest BCUT2D eigenvalue weighted by Gasteiger charge is 2.20. The lowest BCUT2D eigenvalue weighted by molar-refractivity contribution is 0.0335. The fourth-order valence-corrected chi connectivity index (χ4v) is 2.97. The van der Waals surface area contributed by atoms with Crippen LogP contribution in [0.1, 0.15) is 21.5 Å². The van der Waals surface area contributed by atoms with Crippen molar-refractivity contribution in [1.29, 1.82) is 0 Å². The van der Waals surface area contributed by atoms with Crippen LogP contribution in [0.25, 0.3) is 6.08 Å². The molecule has 5 heteroatoms. The molecule has 0 atom stereocenters. The standard InChI is InChI=1S/C21H23NO4/c1-25-20-10-8-17(19(23)9-7-16-5-3-2-4-6-16)21(24)18(20)15-22-11-13-26-14-12-22/h2-10,24H,11-15H2,1H3/b9-7+. The number of phenols is 1. The topological polar surface area (TPSA) is 59.0 Å². The predicted octanol–water partition coefficient (Wildman–Crippen LogP) is 3.13. The number of nitrogens with zero attached hydrogens (tertiary/aromatic N) is 1. The van der Waals surface area contributed by atoms with Crippen molar-refractivity contribution in [1.82, 2.24) is 4.90 Å². The summed E-state index contributed by atoms with van der Waals surface area (Å²) in [5, 5.41) is 10.7. The normalized spacial score (nSPS) is 15.3. The van der Waals surface area contributed by atoms with E-state index in [-0.39, 0.29) is 17.1 Å². The van der Waals surface area contributed by atoms with Crippen LogP contribution in [-0.4, -0.2) is 49.2 Å². The van der Waals surface area contributed by atoms with Crippen LogP contribution < -0.4 is 4.74 Å². The molecule has 1 heterocycles. The average molecular weight is 353 g/mol. The first-order valence-electron chi connectivity index (χ1n) is 8.65. The summed E-state index contributed by atoms with van der Waals surface area (Å²) in [6.07, 6.45) is 3.23. The lowest BCUT2D eigenvalue weighted by Gasteiger charge is -2.27. The second kappa shape index (κ2) is 8.65. The number of hydrogen-bond donors (Lipinski definition) is 1. The number of phenolic OH excluding ortho intramolecular Hbond substituents is 1. The fourth-order valence-electron chi connectivity index (χ4n) is 2.97. The van der Waals surface area contributed by atoms with Gasteiger partial charge in [0.15, 0.2) is 5.78 Å². The van der Waals surface area contributed by atoms with E-state index in [1.54, 1.807) is 25.3 Å². The maximum absolute atomic E-state index is 12.6. The van der Waals surface area contributed by atoms with Crippen LogP contribution in [0.5, 0.6) is 11.5 Å². The van der Waals surface area contributed by atoms with Crippen molar-refractivity contribution in [2.75, 3.05) is 33.4 Å². The highest BCUT2D eigenvalue weighted by Crippen LogP contribution is 2.33. The van der Waals surface area contributed by atoms with Gasteiger partial charge in [-0.2, -0.15) is 0 Å². The molecule has 2 aromatic rings. The summed E-state index contributed by atoms with van der Waals surface area (Å²) >= 11 is 0. The van der Waals surface area contributed by atoms with Gasteiger partial charge in [-0.25, -0.2) is 0 Å². The molecule has 0 aromatic heterocycles. The molecule has 1 aliphatic heterocycles. The van der Waals surface area contributed by atoms with Crippen LogP contribution in [0.3, 0.4) is 0 Å². The van der Waals surface area contributed by atoms with Crippen LogP contribution in [-0.2, 0) is 11.3 Å². The fraction of sp³-hybridized carbons (Fsp3) is 0.286. The molecular weight excluding hydrogens is 330 g/mol. The number of morpholine rings is 1. The second-order valence-electron chi connectivity index (χ2n) is 6.14. The number of hydrogen-bond acceptors (Lipinski definition) is 5. The predicted molar refractivity (Wildman–Crippen MR) is 101 cm³/mol. The number of allylic oxidation sites excluding steroid dienone is 1. The van der Waals surface area contributed by atoms with Gasteiger partial charge < -0.3 is 14.6 Å². The van der Waals surface area contributed by atoms with Gasteiger partial charge in [0.05, 0.1) is 31.5 Å². The molecule has 0 unspecified atom stereocenters. The van der Waals surface area contributed by atoms with Crippen LogP contribution in [0, 0.1) is 0 Å². The molecule has 5 nitrogen and oxygen atoms in total. The van der Waals surface area contributed by atoms with Gasteiger partial charge in [-0.1, -0.05) is 36.4 Å². The van der Waals surface area contributed by atoms with E-state index in [4.69, 9.17) is 9.47 Å². The third-order valence-electron chi connectivity index (χ3n) is 4.44. The SMILES string of the molecule is COc1ccc(C(=O)/C=C/c2ccccc2)c(O)c1CN1CCOCC1. The van der Waals surface area contributed by atoms with Crippen molar-refractivity contribution in [2.24, 2.45) is 0 Å². The van der Waals surface area contributed by atoms with E-state index in [2.05, 4.69) is 4.90 Å². The quantitative estimate of drug-likeness (QED) is 0.639. The highest BCUT2D eigenvalue weighted by atomic mass is 16.5. The molecule has 0 spiro atoms. The summed E-state index contributed by atoms with van der Waals surface area (Å²) in [7, 11) is 1.56. The van der Waals surface area contributed by atoms with Gasteiger partial charge in [-0.3, -0.25) is 9.69 Å². The Kier molecular flexibility index (Phi) is 6.04. The van der Waals surface area contributed by atoms with Crippen molar-refractivity contribution in [3.63, 3.8) is 0 Å². The molecule has 0 amide bonds. The number of carbonyl (C=O) groups is 1. The molecule has 1 aliphatic rings. The van der Waals surface area contributed by atoms with E-state index >= 15 is 0 Å². The number of ketones is 1. The van der Waals surface area contributed by atoms with Crippen LogP contribution >= 0.6 is 0 Å². The van der Waals surface area contributed by atoms with Gasteiger partial charge in [-0.15, -0.1) is 0 Å². The molecule has 2 aromatic carbocycles. The number of carbonyl (C=O) groups excluding carboxylic acids is 1. The lowest BCUT2D eigenvalue weighted by Crippen LogP contribution is -2.35. The number of rotatable bonds is 6. The zero-order valence-corrected chi connectivity index (χ0v) is 14.9. The highest BCUT2D eigenvalue weighted by molar-refractivity contribution is 6.09. The Morgan fingerprint density at radius 1 is 1.19 bits per heavy atom. The summed E-state index contributed by atoms with van der Waals surface area (Å²) in [4.78, 5) is 14.7. The first kappa shape index (κ1) is 18.2. The van der Waals surface area contributed by atoms with Gasteiger partial charge in [-0.05, 0) is 23.8 Å². The van der Waals surface area contributed by atoms with Crippen LogP contribution in [0.2, 0.25) is 0 Å². The molecule has 0 saturated carbocycles. The summed E-state index contributed by atoms with van der Waals surface area (Å²) in [6.45, 7) is 3.42. The Balaban J connectivity index is 1.84. The van der Waals surface area contributed by atoms with E-state index < -0.39 is 0 Å². The van der Waals surface area contributed by atoms with Gasteiger partial charge in [0.2, 0.25) is 0 Å². The Bertz CT molecular complexity index is 780. The van der Waals surface area contributed by atoms with E-state index in [1.807, 2.05) is 30.3 Å². The van der Waals surface area contributed by atoms with Gasteiger partial charge in [0, 0.05) is 19.6 Å². The molecular formula is C21H23NO4. The minimum Gasteiger partial charge on any atom is -0.507 e. The first-order valence-corrected chi connectivity index (χ1v) is 8.65. The number of aromatic hydroxyl groups is 1. The minimum atomic E-state index is -0.239. The number of methoxy groups -OCH3 is 1. The van der Waals surface area contributed by atoms with Crippen molar-refractivity contribution in [3.05, 3.63) is 65.2 Å². The molecule has 1 saturated heterocycles. The molecule has 1 N–H and O–H groups in total. The van der Waals surface area contributed by atoms with Crippen molar-refractivity contribution < 1.29 is 19.4 Å². The Labute approximate surface area is 153 Å². The Morgan fingerprint density at radius 3 is 2.62 bits per heavy atom. The monoisotopic (exact) mass is 353 g/mol. The smallest absolute Gasteiger partial charge is 0.189 e. The molecule has 3 rings (SSSR count). The number of benzene rings is 2. The van der Waals surface area contributed by atoms with Gasteiger partial charge in [0.1, 0.15) is 11.5 Å². The van der Waals surface area contributed by atoms with E-state index in [0.29, 0.717) is 31.1 Å². The molecule has 0 radical (unpaired) electrons. The summed E-state index contributed by atoms with van der Waals surface area (Å²) in [5.41, 5.74) is 1.84. The summed E-state index contributed by atoms with van der Waals surface area (Å²) < 4.78 is 10.7. The average Bonchev–Trinajstić information content (AvgIpc) is 2.69. The molecule has 26 heavy (non-hydrogen) atoms. The third-order valence-corrected chi connectivity index (χ3v) is 4.44. The van der Waals surface area contributed by atoms with E-state index in [9.17, 15) is 9.90 Å². The van der Waals surface area contributed by atoms with Crippen molar-refractivity contribution in [2.45, 2.75) is 6.54 Å². The zero-order chi connectivity index (χ0) is 18.4. The van der Waals surface area contributed by atoms with Crippen molar-refractivity contribution in [3.8, 4) is 11.5 Å². The lowest BCUT2D eigenvalue weighted by atomic mass is 10.0. The van der Waals surface area contributed by atoms with Crippen LogP contribution in [0.4, 0.5) is 0 Å².